The second-order valence-electron chi connectivity index (χ2n) is 1.03. The zero-order valence-corrected chi connectivity index (χ0v) is 5.39. The normalized spacial score (nSPS) is 7.62. The summed E-state index contributed by atoms with van der Waals surface area (Å²) in [4.78, 5) is 7.28. The highest BCUT2D eigenvalue weighted by atomic mass is 35.5. The van der Waals surface area contributed by atoms with Crippen LogP contribution in [0.25, 0.3) is 0 Å². The molecule has 8 heavy (non-hydrogen) atoms. The largest absolute Gasteiger partial charge is 1.00 e. The number of rotatable bonds is 0. The van der Waals surface area contributed by atoms with Gasteiger partial charge in [-0.3, -0.25) is 0 Å². The molecule has 0 aliphatic rings. The van der Waals surface area contributed by atoms with Crippen LogP contribution in [0.5, 0.6) is 0 Å². The van der Waals surface area contributed by atoms with Crippen molar-refractivity contribution < 1.29 is 13.8 Å². The van der Waals surface area contributed by atoms with Crippen LogP contribution in [0.1, 0.15) is 1.43 Å². The molecule has 0 unspecified atom stereocenters. The number of hydrogen-bond donors (Lipinski definition) is 0. The summed E-state index contributed by atoms with van der Waals surface area (Å²) in [5, 5.41) is 0.481. The Morgan fingerprint density at radius 1 is 1.62 bits per heavy atom. The molecule has 44 valence electrons. The fourth-order valence-electron chi connectivity index (χ4n) is 0.275. The van der Waals surface area contributed by atoms with Crippen molar-refractivity contribution in [2.75, 3.05) is 0 Å². The molecule has 0 aliphatic heterocycles. The van der Waals surface area contributed by atoms with Gasteiger partial charge in [-0.25, -0.2) is 9.97 Å². The Morgan fingerprint density at radius 3 is 2.62 bits per heavy atom. The van der Waals surface area contributed by atoms with Crippen LogP contribution >= 0.6 is 11.6 Å². The van der Waals surface area contributed by atoms with Gasteiger partial charge in [0.2, 0.25) is 0 Å². The fourth-order valence-corrected chi connectivity index (χ4v) is 0.375. The zero-order valence-electron chi connectivity index (χ0n) is 4.88. The predicted molar refractivity (Wildman–Crippen MR) is 28.2 cm³/mol. The third kappa shape index (κ3) is 2.09. The Labute approximate surface area is 59.8 Å². The third-order valence-electron chi connectivity index (χ3n) is 0.546. The summed E-state index contributed by atoms with van der Waals surface area (Å²) >= 11 is 5.39. The van der Waals surface area contributed by atoms with Gasteiger partial charge in [-0.05, 0) is 6.07 Å². The van der Waals surface area contributed by atoms with Gasteiger partial charge in [0.25, 0.3) is 0 Å². The van der Waals surface area contributed by atoms with E-state index in [1.807, 2.05) is 0 Å². The maximum absolute atomic E-state index is 5.39. The molecule has 4 heteroatoms. The van der Waals surface area contributed by atoms with E-state index in [2.05, 4.69) is 9.97 Å². The lowest BCUT2D eigenvalue weighted by atomic mass is 10.7. The van der Waals surface area contributed by atoms with E-state index in [9.17, 15) is 0 Å². The van der Waals surface area contributed by atoms with Gasteiger partial charge in [-0.15, -0.1) is 0 Å². The van der Waals surface area contributed by atoms with E-state index in [0.717, 1.165) is 0 Å². The van der Waals surface area contributed by atoms with E-state index in [0.29, 0.717) is 5.15 Å². The SMILES string of the molecule is Clc1ccncn1.[Cl-].[H+]. The minimum atomic E-state index is 0. The maximum atomic E-state index is 5.39. The van der Waals surface area contributed by atoms with E-state index >= 15 is 0 Å². The van der Waals surface area contributed by atoms with E-state index in [1.165, 1.54) is 6.33 Å². The van der Waals surface area contributed by atoms with Gasteiger partial charge < -0.3 is 12.4 Å². The first-order chi connectivity index (χ1) is 3.39. The molecule has 1 aromatic rings. The Kier molecular flexibility index (Phi) is 3.48. The molecule has 0 bridgehead atoms. The molecule has 0 saturated heterocycles. The second kappa shape index (κ2) is 3.64. The van der Waals surface area contributed by atoms with Crippen molar-refractivity contribution in [3.8, 4) is 0 Å². The topological polar surface area (TPSA) is 25.8 Å². The standard InChI is InChI=1S/C4H3ClN2.ClH/c5-4-1-2-6-3-7-4;/h1-3H;1H. The molecule has 0 saturated carbocycles. The molecule has 0 N–H and O–H groups in total. The molecule has 0 fully saturated rings. The maximum Gasteiger partial charge on any atom is 1.00 e. The molecule has 0 atom stereocenters. The summed E-state index contributed by atoms with van der Waals surface area (Å²) < 4.78 is 0. The highest BCUT2D eigenvalue weighted by molar-refractivity contribution is 6.29. The molecule has 0 aliphatic carbocycles. The average Bonchev–Trinajstić information content (AvgIpc) is 1.69. The van der Waals surface area contributed by atoms with E-state index in [-0.39, 0.29) is 13.8 Å². The average molecular weight is 151 g/mol. The van der Waals surface area contributed by atoms with Crippen LogP contribution in [-0.2, 0) is 0 Å². The molecule has 0 aromatic carbocycles. The Bertz CT molecular complexity index is 146. The highest BCUT2D eigenvalue weighted by Crippen LogP contribution is 1.96. The van der Waals surface area contributed by atoms with Gasteiger partial charge in [-0.2, -0.15) is 0 Å². The predicted octanol–water partition coefficient (Wildman–Crippen LogP) is -1.75. The van der Waals surface area contributed by atoms with E-state index in [4.69, 9.17) is 11.6 Å². The Balaban J connectivity index is 0. The summed E-state index contributed by atoms with van der Waals surface area (Å²) in [6, 6.07) is 1.63. The smallest absolute Gasteiger partial charge is 1.00 e. The van der Waals surface area contributed by atoms with Crippen molar-refractivity contribution >= 4 is 11.6 Å². The van der Waals surface area contributed by atoms with Gasteiger partial charge in [0.1, 0.15) is 11.5 Å². The Morgan fingerprint density at radius 2 is 2.38 bits per heavy atom. The molecule has 1 rings (SSSR count). The summed E-state index contributed by atoms with van der Waals surface area (Å²) in [6.07, 6.45) is 3.00. The third-order valence-corrected chi connectivity index (χ3v) is 0.769. The number of nitrogens with zero attached hydrogens (tertiary/aromatic N) is 2. The van der Waals surface area contributed by atoms with Gasteiger partial charge in [0, 0.05) is 6.20 Å². The van der Waals surface area contributed by atoms with E-state index < -0.39 is 0 Å². The summed E-state index contributed by atoms with van der Waals surface area (Å²) in [7, 11) is 0. The van der Waals surface area contributed by atoms with Gasteiger partial charge in [0.05, 0.1) is 0 Å². The molecule has 0 radical (unpaired) electrons. The molecular formula is C4H4Cl2N2. The van der Waals surface area contributed by atoms with Crippen molar-refractivity contribution in [3.05, 3.63) is 23.7 Å². The second-order valence-corrected chi connectivity index (χ2v) is 1.42. The molecular weight excluding hydrogens is 147 g/mol. The summed E-state index contributed by atoms with van der Waals surface area (Å²) in [6.45, 7) is 0. The highest BCUT2D eigenvalue weighted by Gasteiger charge is 1.77. The fraction of sp³-hybridized carbons (Fsp3) is 0. The van der Waals surface area contributed by atoms with Crippen LogP contribution in [0.3, 0.4) is 0 Å². The minimum absolute atomic E-state index is 0. The number of halogens is 2. The van der Waals surface area contributed by atoms with Crippen LogP contribution in [0.2, 0.25) is 5.15 Å². The van der Waals surface area contributed by atoms with Crippen LogP contribution in [0.4, 0.5) is 0 Å². The van der Waals surface area contributed by atoms with Gasteiger partial charge in [0.15, 0.2) is 0 Å². The van der Waals surface area contributed by atoms with Crippen LogP contribution in [0, 0.1) is 0 Å². The van der Waals surface area contributed by atoms with Crippen molar-refractivity contribution in [1.29, 1.82) is 0 Å². The van der Waals surface area contributed by atoms with Crippen molar-refractivity contribution in [2.45, 2.75) is 0 Å². The molecule has 1 aromatic heterocycles. The monoisotopic (exact) mass is 150 g/mol. The quantitative estimate of drug-likeness (QED) is 0.411. The van der Waals surface area contributed by atoms with E-state index in [1.54, 1.807) is 12.3 Å². The van der Waals surface area contributed by atoms with Crippen molar-refractivity contribution in [3.63, 3.8) is 0 Å². The van der Waals surface area contributed by atoms with Crippen LogP contribution < -0.4 is 12.4 Å². The molecule has 0 spiro atoms. The van der Waals surface area contributed by atoms with Gasteiger partial charge >= 0.3 is 1.43 Å². The minimum Gasteiger partial charge on any atom is -1.00 e. The van der Waals surface area contributed by atoms with Crippen LogP contribution in [0.15, 0.2) is 18.6 Å². The summed E-state index contributed by atoms with van der Waals surface area (Å²) in [5.41, 5.74) is 0. The Hall–Kier alpha value is -0.340. The van der Waals surface area contributed by atoms with Crippen LogP contribution in [-0.4, -0.2) is 9.97 Å². The summed E-state index contributed by atoms with van der Waals surface area (Å²) in [5.74, 6) is 0. The molecule has 0 amide bonds. The van der Waals surface area contributed by atoms with Crippen molar-refractivity contribution in [2.24, 2.45) is 0 Å². The van der Waals surface area contributed by atoms with Gasteiger partial charge in [-0.1, -0.05) is 11.6 Å². The first-order valence-corrected chi connectivity index (χ1v) is 2.19. The van der Waals surface area contributed by atoms with Crippen molar-refractivity contribution in [1.82, 2.24) is 9.97 Å². The first kappa shape index (κ1) is 7.66. The lowest BCUT2D eigenvalue weighted by molar-refractivity contribution is -0.00000149. The molecule has 2 nitrogen and oxygen atoms in total. The number of aromatic nitrogens is 2. The zero-order chi connectivity index (χ0) is 5.11. The first-order valence-electron chi connectivity index (χ1n) is 1.81. The lowest BCUT2D eigenvalue weighted by Gasteiger charge is -1.79. The lowest BCUT2D eigenvalue weighted by Crippen LogP contribution is -3.00. The molecule has 1 heterocycles. The number of hydrogen-bond acceptors (Lipinski definition) is 2.